The SMILES string of the molecule is CCOC(=O)c1c(-c2ccc(F)cc2)oc2cc(F)c(O)cc12. The molecule has 0 saturated carbocycles. The lowest BCUT2D eigenvalue weighted by atomic mass is 10.1. The van der Waals surface area contributed by atoms with Crippen molar-refractivity contribution in [2.75, 3.05) is 6.61 Å². The van der Waals surface area contributed by atoms with Crippen molar-refractivity contribution < 1.29 is 27.8 Å². The zero-order valence-corrected chi connectivity index (χ0v) is 12.1. The first-order chi connectivity index (χ1) is 11.0. The monoisotopic (exact) mass is 318 g/mol. The van der Waals surface area contributed by atoms with Gasteiger partial charge < -0.3 is 14.3 Å². The van der Waals surface area contributed by atoms with E-state index in [1.165, 1.54) is 24.3 Å². The Morgan fingerprint density at radius 1 is 1.22 bits per heavy atom. The third-order valence-electron chi connectivity index (χ3n) is 3.34. The summed E-state index contributed by atoms with van der Waals surface area (Å²) < 4.78 is 37.2. The lowest BCUT2D eigenvalue weighted by molar-refractivity contribution is 0.0529. The van der Waals surface area contributed by atoms with Gasteiger partial charge in [-0.3, -0.25) is 0 Å². The summed E-state index contributed by atoms with van der Waals surface area (Å²) in [7, 11) is 0. The summed E-state index contributed by atoms with van der Waals surface area (Å²) in [5.41, 5.74) is 0.581. The molecule has 0 aliphatic rings. The van der Waals surface area contributed by atoms with E-state index in [1.54, 1.807) is 6.92 Å². The number of hydrogen-bond donors (Lipinski definition) is 1. The molecule has 0 atom stereocenters. The van der Waals surface area contributed by atoms with Crippen molar-refractivity contribution in [1.82, 2.24) is 0 Å². The molecule has 6 heteroatoms. The fourth-order valence-corrected chi connectivity index (χ4v) is 2.32. The van der Waals surface area contributed by atoms with Gasteiger partial charge in [-0.1, -0.05) is 0 Å². The van der Waals surface area contributed by atoms with E-state index in [-0.39, 0.29) is 28.9 Å². The summed E-state index contributed by atoms with van der Waals surface area (Å²) in [6.07, 6.45) is 0. The minimum Gasteiger partial charge on any atom is -0.505 e. The molecule has 0 bridgehead atoms. The van der Waals surface area contributed by atoms with Crippen LogP contribution in [0.3, 0.4) is 0 Å². The second kappa shape index (κ2) is 5.72. The second-order valence-electron chi connectivity index (χ2n) is 4.83. The Morgan fingerprint density at radius 3 is 2.57 bits per heavy atom. The highest BCUT2D eigenvalue weighted by atomic mass is 19.1. The number of phenolic OH excluding ortho intramolecular Hbond substituents is 1. The fraction of sp³-hybridized carbons (Fsp3) is 0.118. The Bertz CT molecular complexity index is 882. The van der Waals surface area contributed by atoms with E-state index >= 15 is 0 Å². The van der Waals surface area contributed by atoms with Crippen LogP contribution in [0.1, 0.15) is 17.3 Å². The molecule has 4 nitrogen and oxygen atoms in total. The van der Waals surface area contributed by atoms with Gasteiger partial charge in [-0.25, -0.2) is 13.6 Å². The van der Waals surface area contributed by atoms with Crippen LogP contribution < -0.4 is 0 Å². The zero-order chi connectivity index (χ0) is 16.6. The summed E-state index contributed by atoms with van der Waals surface area (Å²) in [6.45, 7) is 1.79. The number of carbonyl (C=O) groups is 1. The summed E-state index contributed by atoms with van der Waals surface area (Å²) in [5.74, 6) is -2.45. The van der Waals surface area contributed by atoms with E-state index in [2.05, 4.69) is 0 Å². The molecule has 0 radical (unpaired) electrons. The number of rotatable bonds is 3. The van der Waals surface area contributed by atoms with Crippen molar-refractivity contribution in [3.05, 3.63) is 53.6 Å². The molecule has 1 aromatic heterocycles. The summed E-state index contributed by atoms with van der Waals surface area (Å²) in [4.78, 5) is 12.2. The maximum atomic E-state index is 13.5. The fourth-order valence-electron chi connectivity index (χ4n) is 2.32. The van der Waals surface area contributed by atoms with E-state index in [0.29, 0.717) is 5.56 Å². The van der Waals surface area contributed by atoms with Gasteiger partial charge in [0.05, 0.1) is 6.61 Å². The van der Waals surface area contributed by atoms with Crippen LogP contribution in [0.2, 0.25) is 0 Å². The average molecular weight is 318 g/mol. The van der Waals surface area contributed by atoms with Gasteiger partial charge in [0.25, 0.3) is 0 Å². The molecule has 0 fully saturated rings. The Balaban J connectivity index is 2.29. The molecule has 118 valence electrons. The topological polar surface area (TPSA) is 59.7 Å². The number of esters is 1. The highest BCUT2D eigenvalue weighted by molar-refractivity contribution is 6.09. The molecule has 1 heterocycles. The summed E-state index contributed by atoms with van der Waals surface area (Å²) in [6, 6.07) is 7.40. The van der Waals surface area contributed by atoms with Crippen molar-refractivity contribution in [3.63, 3.8) is 0 Å². The highest BCUT2D eigenvalue weighted by Crippen LogP contribution is 2.36. The number of ether oxygens (including phenoxy) is 1. The minimum absolute atomic E-state index is 0.0590. The van der Waals surface area contributed by atoms with Crippen molar-refractivity contribution in [2.24, 2.45) is 0 Å². The van der Waals surface area contributed by atoms with E-state index in [0.717, 1.165) is 12.1 Å². The molecule has 0 unspecified atom stereocenters. The van der Waals surface area contributed by atoms with Crippen LogP contribution in [0, 0.1) is 11.6 Å². The van der Waals surface area contributed by atoms with Crippen LogP contribution in [0.15, 0.2) is 40.8 Å². The van der Waals surface area contributed by atoms with Crippen LogP contribution >= 0.6 is 0 Å². The molecule has 3 rings (SSSR count). The van der Waals surface area contributed by atoms with Gasteiger partial charge in [0, 0.05) is 17.0 Å². The third-order valence-corrected chi connectivity index (χ3v) is 3.34. The average Bonchev–Trinajstić information content (AvgIpc) is 2.87. The van der Waals surface area contributed by atoms with Gasteiger partial charge in [-0.2, -0.15) is 0 Å². The standard InChI is InChI=1S/C17H12F2O4/c1-2-22-17(21)15-11-7-13(20)12(19)8-14(11)23-16(15)9-3-5-10(18)6-4-9/h3-8,20H,2H2,1H3. The zero-order valence-electron chi connectivity index (χ0n) is 12.1. The Labute approximate surface area is 129 Å². The van der Waals surface area contributed by atoms with Gasteiger partial charge in [0.2, 0.25) is 0 Å². The van der Waals surface area contributed by atoms with Crippen molar-refractivity contribution in [1.29, 1.82) is 0 Å². The quantitative estimate of drug-likeness (QED) is 0.733. The molecule has 23 heavy (non-hydrogen) atoms. The molecule has 0 amide bonds. The normalized spacial score (nSPS) is 10.9. The molecular formula is C17H12F2O4. The maximum absolute atomic E-state index is 13.5. The van der Waals surface area contributed by atoms with Crippen LogP contribution in [-0.2, 0) is 4.74 Å². The van der Waals surface area contributed by atoms with Gasteiger partial charge in [-0.15, -0.1) is 0 Å². The molecule has 0 aliphatic carbocycles. The number of halogens is 2. The Kier molecular flexibility index (Phi) is 3.73. The molecular weight excluding hydrogens is 306 g/mol. The first-order valence-electron chi connectivity index (χ1n) is 6.89. The van der Waals surface area contributed by atoms with Gasteiger partial charge in [0.1, 0.15) is 22.7 Å². The molecule has 0 aliphatic heterocycles. The summed E-state index contributed by atoms with van der Waals surface area (Å²) in [5, 5.41) is 9.78. The molecule has 0 spiro atoms. The number of fused-ring (bicyclic) bond motifs is 1. The molecule has 2 aromatic carbocycles. The number of phenols is 1. The van der Waals surface area contributed by atoms with Crippen LogP contribution in [0.5, 0.6) is 5.75 Å². The van der Waals surface area contributed by atoms with E-state index in [4.69, 9.17) is 9.15 Å². The number of aromatic hydroxyl groups is 1. The van der Waals surface area contributed by atoms with Crippen molar-refractivity contribution in [2.45, 2.75) is 6.92 Å². The maximum Gasteiger partial charge on any atom is 0.342 e. The smallest absolute Gasteiger partial charge is 0.342 e. The molecule has 0 saturated heterocycles. The van der Waals surface area contributed by atoms with Gasteiger partial charge in [0.15, 0.2) is 11.6 Å². The first kappa shape index (κ1) is 15.0. The number of benzene rings is 2. The third kappa shape index (κ3) is 2.63. The van der Waals surface area contributed by atoms with Crippen molar-refractivity contribution >= 4 is 16.9 Å². The molecule has 3 aromatic rings. The Morgan fingerprint density at radius 2 is 1.91 bits per heavy atom. The minimum atomic E-state index is -0.868. The van der Waals surface area contributed by atoms with Gasteiger partial charge in [-0.05, 0) is 37.3 Å². The summed E-state index contributed by atoms with van der Waals surface area (Å²) >= 11 is 0. The second-order valence-corrected chi connectivity index (χ2v) is 4.83. The van der Waals surface area contributed by atoms with Crippen molar-refractivity contribution in [3.8, 4) is 17.1 Å². The van der Waals surface area contributed by atoms with Gasteiger partial charge >= 0.3 is 5.97 Å². The number of hydrogen-bond acceptors (Lipinski definition) is 4. The lowest BCUT2D eigenvalue weighted by Crippen LogP contribution is -2.05. The highest BCUT2D eigenvalue weighted by Gasteiger charge is 2.24. The number of furan rings is 1. The predicted molar refractivity (Wildman–Crippen MR) is 79.2 cm³/mol. The predicted octanol–water partition coefficient (Wildman–Crippen LogP) is 4.26. The Hall–Kier alpha value is -2.89. The number of carbonyl (C=O) groups excluding carboxylic acids is 1. The van der Waals surface area contributed by atoms with E-state index < -0.39 is 23.4 Å². The largest absolute Gasteiger partial charge is 0.505 e. The van der Waals surface area contributed by atoms with Crippen LogP contribution in [0.4, 0.5) is 8.78 Å². The van der Waals surface area contributed by atoms with E-state index in [1.807, 2.05) is 0 Å². The van der Waals surface area contributed by atoms with E-state index in [9.17, 15) is 18.7 Å². The molecule has 1 N–H and O–H groups in total. The van der Waals surface area contributed by atoms with Crippen LogP contribution in [-0.4, -0.2) is 17.7 Å². The first-order valence-corrected chi connectivity index (χ1v) is 6.89. The van der Waals surface area contributed by atoms with Crippen LogP contribution in [0.25, 0.3) is 22.3 Å². The lowest BCUT2D eigenvalue weighted by Gasteiger charge is -2.03.